The van der Waals surface area contributed by atoms with Crippen LogP contribution in [0, 0.1) is 10.1 Å². The minimum absolute atomic E-state index is 0.133. The van der Waals surface area contributed by atoms with Crippen LogP contribution >= 0.6 is 0 Å². The molecule has 0 aromatic heterocycles. The molecule has 0 saturated carbocycles. The van der Waals surface area contributed by atoms with Crippen molar-refractivity contribution in [2.45, 2.75) is 6.42 Å². The second-order valence-electron chi connectivity index (χ2n) is 5.67. The smallest absolute Gasteiger partial charge is 0.269 e. The Morgan fingerprint density at radius 3 is 2.68 bits per heavy atom. The van der Waals surface area contributed by atoms with Gasteiger partial charge >= 0.3 is 0 Å². The Balaban J connectivity index is 1.64. The fourth-order valence-corrected chi connectivity index (χ4v) is 2.80. The molecule has 0 fully saturated rings. The quantitative estimate of drug-likeness (QED) is 0.622. The zero-order valence-electron chi connectivity index (χ0n) is 12.8. The Morgan fingerprint density at radius 2 is 2.00 bits per heavy atom. The number of fused-ring (bicyclic) bond motifs is 1. The highest BCUT2D eigenvalue weighted by molar-refractivity contribution is 5.99. The van der Waals surface area contributed by atoms with Gasteiger partial charge in [0.1, 0.15) is 6.67 Å². The summed E-state index contributed by atoms with van der Waals surface area (Å²) in [7, 11) is 4.09. The molecule has 0 amide bonds. The molecule has 2 heterocycles. The van der Waals surface area contributed by atoms with Crippen LogP contribution in [-0.2, 0) is 6.42 Å². The first-order chi connectivity index (χ1) is 10.5. The minimum atomic E-state index is -0.372. The van der Waals surface area contributed by atoms with Crippen LogP contribution in [0.1, 0.15) is 5.56 Å². The molecule has 3 rings (SSSR count). The Hall–Kier alpha value is -2.57. The molecule has 0 unspecified atom stereocenters. The molecule has 7 heteroatoms. The van der Waals surface area contributed by atoms with Gasteiger partial charge in [-0.2, -0.15) is 0 Å². The predicted octanol–water partition coefficient (Wildman–Crippen LogP) is 1.48. The maximum absolute atomic E-state index is 10.7. The maximum atomic E-state index is 10.7. The summed E-state index contributed by atoms with van der Waals surface area (Å²) in [5.74, 6) is 1.04. The highest BCUT2D eigenvalue weighted by Gasteiger charge is 2.28. The Kier molecular flexibility index (Phi) is 3.70. The molecule has 0 spiro atoms. The van der Waals surface area contributed by atoms with Gasteiger partial charge < -0.3 is 14.7 Å². The van der Waals surface area contributed by atoms with Crippen LogP contribution in [0.5, 0.6) is 0 Å². The summed E-state index contributed by atoms with van der Waals surface area (Å²) in [4.78, 5) is 21.4. The monoisotopic (exact) mass is 301 g/mol. The van der Waals surface area contributed by atoms with Crippen molar-refractivity contribution < 1.29 is 4.92 Å². The average molecular weight is 301 g/mol. The Bertz CT molecular complexity index is 638. The van der Waals surface area contributed by atoms with Gasteiger partial charge in [0, 0.05) is 39.0 Å². The van der Waals surface area contributed by atoms with E-state index in [0.29, 0.717) is 6.67 Å². The van der Waals surface area contributed by atoms with Gasteiger partial charge in [0.05, 0.1) is 17.3 Å². The first-order valence-corrected chi connectivity index (χ1v) is 7.21. The number of non-ortho nitro benzene ring substituents is 1. The lowest BCUT2D eigenvalue weighted by atomic mass is 10.1. The SMILES string of the molecule is CN1C=C2C(=NCN2CCc2ccc([N+](=O)[O-])cc2)N(C)C1. The number of benzene rings is 1. The van der Waals surface area contributed by atoms with Gasteiger partial charge in [0.25, 0.3) is 5.69 Å². The van der Waals surface area contributed by atoms with E-state index in [1.807, 2.05) is 26.2 Å². The van der Waals surface area contributed by atoms with E-state index >= 15 is 0 Å². The van der Waals surface area contributed by atoms with Crippen molar-refractivity contribution >= 4 is 11.5 Å². The molecule has 0 bridgehead atoms. The normalized spacial score (nSPS) is 17.3. The first kappa shape index (κ1) is 14.4. The molecule has 0 aliphatic carbocycles. The zero-order chi connectivity index (χ0) is 15.7. The lowest BCUT2D eigenvalue weighted by molar-refractivity contribution is -0.384. The summed E-state index contributed by atoms with van der Waals surface area (Å²) in [6.07, 6.45) is 2.97. The third-order valence-corrected chi connectivity index (χ3v) is 3.92. The molecule has 22 heavy (non-hydrogen) atoms. The van der Waals surface area contributed by atoms with E-state index in [0.717, 1.165) is 36.7 Å². The van der Waals surface area contributed by atoms with Crippen molar-refractivity contribution in [3.63, 3.8) is 0 Å². The summed E-state index contributed by atoms with van der Waals surface area (Å²) in [6, 6.07) is 6.76. The number of nitro groups is 1. The van der Waals surface area contributed by atoms with Crippen LogP contribution in [0.15, 0.2) is 41.2 Å². The van der Waals surface area contributed by atoms with Crippen molar-refractivity contribution in [1.82, 2.24) is 14.7 Å². The summed E-state index contributed by atoms with van der Waals surface area (Å²) < 4.78 is 0. The highest BCUT2D eigenvalue weighted by atomic mass is 16.6. The van der Waals surface area contributed by atoms with Gasteiger partial charge in [-0.3, -0.25) is 10.1 Å². The number of nitro benzene ring substituents is 1. The molecule has 2 aliphatic rings. The van der Waals surface area contributed by atoms with Crippen LogP contribution in [-0.4, -0.2) is 59.4 Å². The molecule has 1 aromatic carbocycles. The summed E-state index contributed by atoms with van der Waals surface area (Å²) in [6.45, 7) is 2.36. The van der Waals surface area contributed by atoms with E-state index in [9.17, 15) is 10.1 Å². The van der Waals surface area contributed by atoms with E-state index in [1.165, 1.54) is 0 Å². The maximum Gasteiger partial charge on any atom is 0.269 e. The fourth-order valence-electron chi connectivity index (χ4n) is 2.80. The first-order valence-electron chi connectivity index (χ1n) is 7.21. The summed E-state index contributed by atoms with van der Waals surface area (Å²) in [5.41, 5.74) is 2.38. The van der Waals surface area contributed by atoms with Crippen LogP contribution in [0.25, 0.3) is 0 Å². The Labute approximate surface area is 129 Å². The molecule has 0 saturated heterocycles. The molecular formula is C15H19N5O2. The number of rotatable bonds is 4. The molecule has 2 aliphatic heterocycles. The number of likely N-dealkylation sites (N-methyl/N-ethyl adjacent to an activating group) is 1. The van der Waals surface area contributed by atoms with Gasteiger partial charge in [-0.15, -0.1) is 0 Å². The molecule has 0 atom stereocenters. The van der Waals surface area contributed by atoms with Crippen molar-refractivity contribution in [3.05, 3.63) is 51.8 Å². The summed E-state index contributed by atoms with van der Waals surface area (Å²) >= 11 is 0. The molecule has 7 nitrogen and oxygen atoms in total. The van der Waals surface area contributed by atoms with Crippen LogP contribution < -0.4 is 0 Å². The van der Waals surface area contributed by atoms with E-state index in [1.54, 1.807) is 12.1 Å². The number of hydrogen-bond donors (Lipinski definition) is 0. The van der Waals surface area contributed by atoms with Gasteiger partial charge in [-0.25, -0.2) is 4.99 Å². The largest absolute Gasteiger partial charge is 0.361 e. The van der Waals surface area contributed by atoms with E-state index in [4.69, 9.17) is 0 Å². The summed E-state index contributed by atoms with van der Waals surface area (Å²) in [5, 5.41) is 10.7. The van der Waals surface area contributed by atoms with Crippen LogP contribution in [0.3, 0.4) is 0 Å². The van der Waals surface area contributed by atoms with Crippen molar-refractivity contribution in [2.24, 2.45) is 4.99 Å². The fraction of sp³-hybridized carbons (Fsp3) is 0.400. The van der Waals surface area contributed by atoms with Gasteiger partial charge in [0.2, 0.25) is 0 Å². The number of amidine groups is 1. The van der Waals surface area contributed by atoms with Gasteiger partial charge in [-0.05, 0) is 12.0 Å². The van der Waals surface area contributed by atoms with Crippen molar-refractivity contribution in [2.75, 3.05) is 34.0 Å². The molecular weight excluding hydrogens is 282 g/mol. The van der Waals surface area contributed by atoms with Crippen LogP contribution in [0.4, 0.5) is 5.69 Å². The van der Waals surface area contributed by atoms with Crippen LogP contribution in [0.2, 0.25) is 0 Å². The molecule has 0 radical (unpaired) electrons. The van der Waals surface area contributed by atoms with E-state index < -0.39 is 0 Å². The third-order valence-electron chi connectivity index (χ3n) is 3.92. The van der Waals surface area contributed by atoms with Gasteiger partial charge in [0.15, 0.2) is 5.84 Å². The lowest BCUT2D eigenvalue weighted by Gasteiger charge is -2.33. The number of hydrogen-bond acceptors (Lipinski definition) is 6. The molecule has 0 N–H and O–H groups in total. The predicted molar refractivity (Wildman–Crippen MR) is 84.3 cm³/mol. The van der Waals surface area contributed by atoms with Gasteiger partial charge in [-0.1, -0.05) is 12.1 Å². The minimum Gasteiger partial charge on any atom is -0.361 e. The molecule has 1 aromatic rings. The number of aliphatic imine (C=N–C) groups is 1. The van der Waals surface area contributed by atoms with E-state index in [-0.39, 0.29) is 10.6 Å². The third kappa shape index (κ3) is 2.74. The molecule has 116 valence electrons. The average Bonchev–Trinajstić information content (AvgIpc) is 2.89. The Morgan fingerprint density at radius 1 is 1.27 bits per heavy atom. The van der Waals surface area contributed by atoms with Crippen molar-refractivity contribution in [3.8, 4) is 0 Å². The zero-order valence-corrected chi connectivity index (χ0v) is 12.8. The standard InChI is InChI=1S/C15H19N5O2/c1-17-9-14-15(18(2)11-17)16-10-19(14)8-7-12-3-5-13(6-4-12)20(21)22/h3-6,9H,7-8,10-11H2,1-2H3. The van der Waals surface area contributed by atoms with E-state index in [2.05, 4.69) is 25.9 Å². The number of nitrogens with zero attached hydrogens (tertiary/aromatic N) is 5. The topological polar surface area (TPSA) is 65.2 Å². The second kappa shape index (κ2) is 5.67. The second-order valence-corrected chi connectivity index (χ2v) is 5.67. The lowest BCUT2D eigenvalue weighted by Crippen LogP contribution is -2.42. The van der Waals surface area contributed by atoms with Crippen molar-refractivity contribution in [1.29, 1.82) is 0 Å². The highest BCUT2D eigenvalue weighted by Crippen LogP contribution is 2.22.